The van der Waals surface area contributed by atoms with Gasteiger partial charge in [0, 0.05) is 39.1 Å². The number of benzene rings is 2. The Labute approximate surface area is 181 Å². The van der Waals surface area contributed by atoms with Gasteiger partial charge in [0.2, 0.25) is 0 Å². The molecule has 0 saturated carbocycles. The second-order valence-corrected chi connectivity index (χ2v) is 8.15. The molecule has 4 rings (SSSR count). The molecule has 4 aromatic rings. The Morgan fingerprint density at radius 2 is 1.75 bits per heavy atom. The van der Waals surface area contributed by atoms with Crippen LogP contribution >= 0.6 is 46.3 Å². The van der Waals surface area contributed by atoms with Gasteiger partial charge in [-0.2, -0.15) is 4.37 Å². The lowest BCUT2D eigenvalue weighted by Gasteiger charge is -2.15. The minimum absolute atomic E-state index is 0.468. The molecule has 2 heterocycles. The third kappa shape index (κ3) is 3.79. The fraction of sp³-hybridized carbons (Fsp3) is 0.0476. The largest absolute Gasteiger partial charge is 0.383 e. The van der Waals surface area contributed by atoms with E-state index in [1.54, 1.807) is 42.7 Å². The molecular formula is C21H13Cl3N2OS. The van der Waals surface area contributed by atoms with Gasteiger partial charge in [-0.25, -0.2) is 0 Å². The highest BCUT2D eigenvalue weighted by Crippen LogP contribution is 2.43. The molecule has 0 aliphatic carbocycles. The van der Waals surface area contributed by atoms with E-state index < -0.39 is 6.10 Å². The van der Waals surface area contributed by atoms with Crippen molar-refractivity contribution < 1.29 is 5.11 Å². The Morgan fingerprint density at radius 3 is 2.46 bits per heavy atom. The van der Waals surface area contributed by atoms with Crippen molar-refractivity contribution in [1.29, 1.82) is 0 Å². The third-order valence-corrected chi connectivity index (χ3v) is 5.97. The topological polar surface area (TPSA) is 46.0 Å². The van der Waals surface area contributed by atoms with Gasteiger partial charge >= 0.3 is 0 Å². The standard InChI is InChI=1S/C21H13Cl3N2OS/c22-14-5-1-3-12(9-14)21-18(20(27)13-4-2-8-25-11-13)19(26-28-21)16-7-6-15(23)10-17(16)24/h1-11,20,27H. The predicted molar refractivity (Wildman–Crippen MR) is 116 cm³/mol. The van der Waals surface area contributed by atoms with Gasteiger partial charge in [0.15, 0.2) is 0 Å². The number of halogens is 3. The first kappa shape index (κ1) is 19.4. The van der Waals surface area contributed by atoms with Crippen LogP contribution < -0.4 is 0 Å². The summed E-state index contributed by atoms with van der Waals surface area (Å²) in [6.45, 7) is 0. The number of aliphatic hydroxyl groups excluding tert-OH is 1. The average Bonchev–Trinajstić information content (AvgIpc) is 3.13. The molecule has 0 spiro atoms. The van der Waals surface area contributed by atoms with Crippen molar-refractivity contribution in [2.45, 2.75) is 6.10 Å². The van der Waals surface area contributed by atoms with Gasteiger partial charge in [0.05, 0.1) is 15.6 Å². The Bertz CT molecular complexity index is 1130. The van der Waals surface area contributed by atoms with E-state index in [9.17, 15) is 5.11 Å². The zero-order valence-electron chi connectivity index (χ0n) is 14.3. The summed E-state index contributed by atoms with van der Waals surface area (Å²) < 4.78 is 4.62. The smallest absolute Gasteiger partial charge is 0.109 e. The van der Waals surface area contributed by atoms with Crippen LogP contribution in [0.5, 0.6) is 0 Å². The van der Waals surface area contributed by atoms with E-state index >= 15 is 0 Å². The second kappa shape index (κ2) is 8.19. The molecule has 0 radical (unpaired) electrons. The van der Waals surface area contributed by atoms with Gasteiger partial charge < -0.3 is 5.11 Å². The maximum Gasteiger partial charge on any atom is 0.109 e. The molecule has 2 aromatic carbocycles. The highest BCUT2D eigenvalue weighted by molar-refractivity contribution is 7.10. The molecule has 1 atom stereocenters. The summed E-state index contributed by atoms with van der Waals surface area (Å²) >= 11 is 20.0. The van der Waals surface area contributed by atoms with Crippen molar-refractivity contribution in [3.63, 3.8) is 0 Å². The van der Waals surface area contributed by atoms with Crippen LogP contribution in [0.3, 0.4) is 0 Å². The summed E-state index contributed by atoms with van der Waals surface area (Å²) in [5, 5.41) is 12.8. The Hall–Kier alpha value is -1.95. The molecule has 1 N–H and O–H groups in total. The lowest BCUT2D eigenvalue weighted by atomic mass is 9.95. The second-order valence-electron chi connectivity index (χ2n) is 6.10. The number of nitrogens with zero attached hydrogens (tertiary/aromatic N) is 2. The SMILES string of the molecule is OC(c1cccnc1)c1c(-c2ccc(Cl)cc2Cl)nsc1-c1cccc(Cl)c1. The van der Waals surface area contributed by atoms with Crippen LogP contribution in [0.1, 0.15) is 17.2 Å². The summed E-state index contributed by atoms with van der Waals surface area (Å²) in [5.41, 5.74) is 3.51. The molecule has 140 valence electrons. The van der Waals surface area contributed by atoms with Crippen molar-refractivity contribution in [2.24, 2.45) is 0 Å². The Kier molecular flexibility index (Phi) is 5.67. The number of aromatic nitrogens is 2. The van der Waals surface area contributed by atoms with E-state index in [4.69, 9.17) is 34.8 Å². The zero-order chi connectivity index (χ0) is 19.7. The van der Waals surface area contributed by atoms with Crippen LogP contribution in [0.2, 0.25) is 15.1 Å². The molecule has 28 heavy (non-hydrogen) atoms. The molecule has 0 amide bonds. The lowest BCUT2D eigenvalue weighted by Crippen LogP contribution is -2.02. The Balaban J connectivity index is 1.94. The number of aliphatic hydroxyl groups is 1. The van der Waals surface area contributed by atoms with E-state index in [2.05, 4.69) is 9.36 Å². The van der Waals surface area contributed by atoms with Gasteiger partial charge in [-0.05, 0) is 53.5 Å². The van der Waals surface area contributed by atoms with Crippen molar-refractivity contribution in [3.05, 3.63) is 93.2 Å². The van der Waals surface area contributed by atoms with Crippen molar-refractivity contribution >= 4 is 46.3 Å². The van der Waals surface area contributed by atoms with Crippen LogP contribution in [0.4, 0.5) is 0 Å². The van der Waals surface area contributed by atoms with Crippen LogP contribution in [0.15, 0.2) is 67.0 Å². The van der Waals surface area contributed by atoms with Crippen LogP contribution in [-0.4, -0.2) is 14.5 Å². The molecule has 7 heteroatoms. The lowest BCUT2D eigenvalue weighted by molar-refractivity contribution is 0.221. The average molecular weight is 448 g/mol. The molecule has 0 aliphatic rings. The third-order valence-electron chi connectivity index (χ3n) is 4.27. The monoisotopic (exact) mass is 446 g/mol. The number of hydrogen-bond donors (Lipinski definition) is 1. The number of rotatable bonds is 4. The minimum Gasteiger partial charge on any atom is -0.383 e. The van der Waals surface area contributed by atoms with Gasteiger partial charge in [-0.1, -0.05) is 53.0 Å². The molecule has 1 unspecified atom stereocenters. The molecule has 0 aliphatic heterocycles. The molecule has 0 saturated heterocycles. The zero-order valence-corrected chi connectivity index (χ0v) is 17.4. The highest BCUT2D eigenvalue weighted by Gasteiger charge is 2.25. The molecular weight excluding hydrogens is 435 g/mol. The summed E-state index contributed by atoms with van der Waals surface area (Å²) in [4.78, 5) is 4.94. The van der Waals surface area contributed by atoms with E-state index in [1.807, 2.05) is 24.3 Å². The summed E-state index contributed by atoms with van der Waals surface area (Å²) in [5.74, 6) is 0. The van der Waals surface area contributed by atoms with Crippen LogP contribution in [-0.2, 0) is 0 Å². The van der Waals surface area contributed by atoms with Crippen molar-refractivity contribution in [3.8, 4) is 21.7 Å². The minimum atomic E-state index is -0.928. The van der Waals surface area contributed by atoms with Crippen molar-refractivity contribution in [2.75, 3.05) is 0 Å². The number of pyridine rings is 1. The quantitative estimate of drug-likeness (QED) is 0.369. The van der Waals surface area contributed by atoms with E-state index in [0.29, 0.717) is 37.5 Å². The summed E-state index contributed by atoms with van der Waals surface area (Å²) in [6.07, 6.45) is 2.37. The summed E-state index contributed by atoms with van der Waals surface area (Å²) in [6, 6.07) is 16.3. The van der Waals surface area contributed by atoms with Crippen LogP contribution in [0.25, 0.3) is 21.7 Å². The summed E-state index contributed by atoms with van der Waals surface area (Å²) in [7, 11) is 0. The van der Waals surface area contributed by atoms with Gasteiger partial charge in [-0.15, -0.1) is 0 Å². The maximum absolute atomic E-state index is 11.2. The van der Waals surface area contributed by atoms with E-state index in [-0.39, 0.29) is 0 Å². The van der Waals surface area contributed by atoms with E-state index in [1.165, 1.54) is 11.5 Å². The highest BCUT2D eigenvalue weighted by atomic mass is 35.5. The first-order valence-corrected chi connectivity index (χ1v) is 10.2. The van der Waals surface area contributed by atoms with E-state index in [0.717, 1.165) is 10.4 Å². The molecule has 2 aromatic heterocycles. The van der Waals surface area contributed by atoms with Gasteiger partial charge in [-0.3, -0.25) is 4.98 Å². The molecule has 0 fully saturated rings. The number of hydrogen-bond acceptors (Lipinski definition) is 4. The Morgan fingerprint density at radius 1 is 0.929 bits per heavy atom. The molecule has 0 bridgehead atoms. The fourth-order valence-electron chi connectivity index (χ4n) is 2.97. The van der Waals surface area contributed by atoms with Gasteiger partial charge in [0.1, 0.15) is 6.10 Å². The maximum atomic E-state index is 11.2. The van der Waals surface area contributed by atoms with Gasteiger partial charge in [0.25, 0.3) is 0 Å². The van der Waals surface area contributed by atoms with Crippen LogP contribution in [0, 0.1) is 0 Å². The van der Waals surface area contributed by atoms with Crippen molar-refractivity contribution in [1.82, 2.24) is 9.36 Å². The fourth-order valence-corrected chi connectivity index (χ4v) is 4.58. The predicted octanol–water partition coefficient (Wildman–Crippen LogP) is 6.91. The normalized spacial score (nSPS) is 12.1. The molecule has 3 nitrogen and oxygen atoms in total. The first-order chi connectivity index (χ1) is 13.5. The first-order valence-electron chi connectivity index (χ1n) is 8.33.